The number of rotatable bonds is 6. The second-order valence-electron chi connectivity index (χ2n) is 4.14. The lowest BCUT2D eigenvalue weighted by molar-refractivity contribution is -0.198. The molecule has 6 heteroatoms. The van der Waals surface area contributed by atoms with Crippen LogP contribution in [-0.4, -0.2) is 32.7 Å². The summed E-state index contributed by atoms with van der Waals surface area (Å²) in [5.41, 5.74) is 5.58. The van der Waals surface area contributed by atoms with Crippen molar-refractivity contribution in [3.05, 3.63) is 0 Å². The molecule has 2 unspecified atom stereocenters. The van der Waals surface area contributed by atoms with Crippen molar-refractivity contribution >= 4 is 0 Å². The van der Waals surface area contributed by atoms with Gasteiger partial charge in [-0.15, -0.1) is 0 Å². The van der Waals surface area contributed by atoms with Gasteiger partial charge in [0.05, 0.1) is 6.61 Å². The second-order valence-corrected chi connectivity index (χ2v) is 4.14. The van der Waals surface area contributed by atoms with Crippen molar-refractivity contribution in [3.8, 4) is 0 Å². The van der Waals surface area contributed by atoms with E-state index < -0.39 is 12.8 Å². The van der Waals surface area contributed by atoms with Gasteiger partial charge in [0.1, 0.15) is 13.4 Å². The van der Waals surface area contributed by atoms with E-state index in [-0.39, 0.29) is 6.79 Å². The van der Waals surface area contributed by atoms with Crippen LogP contribution >= 0.6 is 0 Å². The highest BCUT2D eigenvalue weighted by Crippen LogP contribution is 2.30. The van der Waals surface area contributed by atoms with Crippen molar-refractivity contribution in [2.75, 3.05) is 26.6 Å². The number of hydrogen-bond acceptors (Lipinski definition) is 3. The van der Waals surface area contributed by atoms with Crippen molar-refractivity contribution in [3.63, 3.8) is 0 Å². The second kappa shape index (κ2) is 6.42. The Balaban J connectivity index is 2.03. The van der Waals surface area contributed by atoms with E-state index in [4.69, 9.17) is 10.5 Å². The highest BCUT2D eigenvalue weighted by Gasteiger charge is 2.28. The van der Waals surface area contributed by atoms with E-state index in [0.717, 1.165) is 19.3 Å². The van der Waals surface area contributed by atoms with Gasteiger partial charge in [-0.1, -0.05) is 6.42 Å². The summed E-state index contributed by atoms with van der Waals surface area (Å²) in [4.78, 5) is 0. The molecule has 2 N–H and O–H groups in total. The zero-order valence-corrected chi connectivity index (χ0v) is 9.13. The normalized spacial score (nSPS) is 26.2. The summed E-state index contributed by atoms with van der Waals surface area (Å²) in [5.74, 6) is 0.821. The average Bonchev–Trinajstić information content (AvgIpc) is 2.63. The molecule has 1 aliphatic rings. The van der Waals surface area contributed by atoms with E-state index in [1.165, 1.54) is 0 Å². The first-order valence-corrected chi connectivity index (χ1v) is 5.45. The fourth-order valence-electron chi connectivity index (χ4n) is 2.06. The summed E-state index contributed by atoms with van der Waals surface area (Å²) in [6.45, 7) is -0.484. The highest BCUT2D eigenvalue weighted by atomic mass is 19.4. The molecule has 2 atom stereocenters. The molecule has 0 saturated heterocycles. The molecule has 1 fully saturated rings. The lowest BCUT2D eigenvalue weighted by Gasteiger charge is -2.17. The van der Waals surface area contributed by atoms with Gasteiger partial charge in [-0.25, -0.2) is 0 Å². The third kappa shape index (κ3) is 5.14. The van der Waals surface area contributed by atoms with E-state index in [1.54, 1.807) is 0 Å². The van der Waals surface area contributed by atoms with Crippen molar-refractivity contribution in [1.29, 1.82) is 0 Å². The molecular weight excluding hydrogens is 223 g/mol. The van der Waals surface area contributed by atoms with Crippen LogP contribution in [0, 0.1) is 11.8 Å². The lowest BCUT2D eigenvalue weighted by atomic mass is 9.97. The maximum Gasteiger partial charge on any atom is 0.411 e. The molecule has 0 spiro atoms. The summed E-state index contributed by atoms with van der Waals surface area (Å²) in [6.07, 6.45) is -1.02. The summed E-state index contributed by atoms with van der Waals surface area (Å²) < 4.78 is 44.5. The van der Waals surface area contributed by atoms with E-state index >= 15 is 0 Å². The molecule has 0 radical (unpaired) electrons. The first-order valence-electron chi connectivity index (χ1n) is 5.45. The number of halogens is 3. The molecule has 0 heterocycles. The minimum absolute atomic E-state index is 0.298. The average molecular weight is 241 g/mol. The van der Waals surface area contributed by atoms with Crippen molar-refractivity contribution in [2.45, 2.75) is 25.4 Å². The van der Waals surface area contributed by atoms with Gasteiger partial charge in [0.15, 0.2) is 0 Å². The predicted molar refractivity (Wildman–Crippen MR) is 52.7 cm³/mol. The summed E-state index contributed by atoms with van der Waals surface area (Å²) >= 11 is 0. The maximum atomic E-state index is 11.7. The molecule has 0 amide bonds. The first kappa shape index (κ1) is 13.7. The quantitative estimate of drug-likeness (QED) is 0.570. The van der Waals surface area contributed by atoms with Crippen LogP contribution in [0.1, 0.15) is 19.3 Å². The molecule has 0 aromatic rings. The lowest BCUT2D eigenvalue weighted by Crippen LogP contribution is -2.23. The van der Waals surface area contributed by atoms with Crippen LogP contribution in [-0.2, 0) is 9.47 Å². The minimum Gasteiger partial charge on any atom is -0.355 e. The Labute approximate surface area is 93.1 Å². The smallest absolute Gasteiger partial charge is 0.355 e. The van der Waals surface area contributed by atoms with Gasteiger partial charge in [0, 0.05) is 0 Å². The van der Waals surface area contributed by atoms with Crippen LogP contribution < -0.4 is 5.73 Å². The van der Waals surface area contributed by atoms with Crippen LogP contribution in [0.25, 0.3) is 0 Å². The van der Waals surface area contributed by atoms with Gasteiger partial charge >= 0.3 is 6.18 Å². The topological polar surface area (TPSA) is 44.5 Å². The largest absolute Gasteiger partial charge is 0.411 e. The van der Waals surface area contributed by atoms with Crippen molar-refractivity contribution in [2.24, 2.45) is 17.6 Å². The fourth-order valence-corrected chi connectivity index (χ4v) is 2.06. The van der Waals surface area contributed by atoms with Gasteiger partial charge in [0.2, 0.25) is 0 Å². The molecule has 1 rings (SSSR count). The van der Waals surface area contributed by atoms with E-state index in [9.17, 15) is 13.2 Å². The zero-order valence-electron chi connectivity index (χ0n) is 9.13. The molecular formula is C10H18F3NO2. The number of alkyl halides is 3. The molecule has 96 valence electrons. The monoisotopic (exact) mass is 241 g/mol. The number of nitrogens with two attached hydrogens (primary N) is 1. The third-order valence-corrected chi connectivity index (χ3v) is 2.88. The highest BCUT2D eigenvalue weighted by molar-refractivity contribution is 4.77. The summed E-state index contributed by atoms with van der Waals surface area (Å²) in [5, 5.41) is 0. The summed E-state index contributed by atoms with van der Waals surface area (Å²) in [7, 11) is 0. The third-order valence-electron chi connectivity index (χ3n) is 2.88. The Kier molecular flexibility index (Phi) is 5.51. The Morgan fingerprint density at radius 2 is 1.81 bits per heavy atom. The molecule has 0 aromatic heterocycles. The predicted octanol–water partition coefficient (Wildman–Crippen LogP) is 1.91. The SMILES string of the molecule is NCC1CCCC1COCOCC(F)(F)F. The minimum atomic E-state index is -4.28. The van der Waals surface area contributed by atoms with Crippen LogP contribution in [0.3, 0.4) is 0 Å². The molecule has 1 aliphatic carbocycles. The molecule has 16 heavy (non-hydrogen) atoms. The van der Waals surface area contributed by atoms with Crippen molar-refractivity contribution in [1.82, 2.24) is 0 Å². The Morgan fingerprint density at radius 3 is 2.44 bits per heavy atom. The molecule has 0 aromatic carbocycles. The Morgan fingerprint density at radius 1 is 1.12 bits per heavy atom. The molecule has 1 saturated carbocycles. The Hall–Kier alpha value is -0.330. The molecule has 0 bridgehead atoms. The van der Waals surface area contributed by atoms with Crippen LogP contribution in [0.4, 0.5) is 13.2 Å². The standard InChI is InChI=1S/C10H18F3NO2/c11-10(12,13)6-16-7-15-5-9-3-1-2-8(9)4-14/h8-9H,1-7,14H2. The first-order chi connectivity index (χ1) is 7.53. The van der Waals surface area contributed by atoms with Crippen LogP contribution in [0.5, 0.6) is 0 Å². The van der Waals surface area contributed by atoms with Gasteiger partial charge < -0.3 is 15.2 Å². The van der Waals surface area contributed by atoms with Gasteiger partial charge in [0.25, 0.3) is 0 Å². The van der Waals surface area contributed by atoms with Gasteiger partial charge in [-0.2, -0.15) is 13.2 Å². The van der Waals surface area contributed by atoms with E-state index in [0.29, 0.717) is 25.0 Å². The molecule has 0 aliphatic heterocycles. The number of ether oxygens (including phenoxy) is 2. The van der Waals surface area contributed by atoms with Crippen molar-refractivity contribution < 1.29 is 22.6 Å². The van der Waals surface area contributed by atoms with E-state index in [1.807, 2.05) is 0 Å². The molecule has 3 nitrogen and oxygen atoms in total. The summed E-state index contributed by atoms with van der Waals surface area (Å²) in [6, 6.07) is 0. The maximum absolute atomic E-state index is 11.7. The van der Waals surface area contributed by atoms with Crippen LogP contribution in [0.2, 0.25) is 0 Å². The van der Waals surface area contributed by atoms with Crippen LogP contribution in [0.15, 0.2) is 0 Å². The van der Waals surface area contributed by atoms with E-state index in [2.05, 4.69) is 4.74 Å². The van der Waals surface area contributed by atoms with Gasteiger partial charge in [-0.05, 0) is 31.2 Å². The zero-order chi connectivity index (χ0) is 12.0. The Bertz CT molecular complexity index is 199. The van der Waals surface area contributed by atoms with Gasteiger partial charge in [-0.3, -0.25) is 0 Å². The number of hydrogen-bond donors (Lipinski definition) is 1. The fraction of sp³-hybridized carbons (Fsp3) is 1.00.